The lowest BCUT2D eigenvalue weighted by molar-refractivity contribution is -0.275. The van der Waals surface area contributed by atoms with E-state index in [2.05, 4.69) is 26.0 Å². The van der Waals surface area contributed by atoms with Crippen molar-refractivity contribution in [1.29, 1.82) is 0 Å². The number of hydrogen-bond acceptors (Lipinski definition) is 3. The summed E-state index contributed by atoms with van der Waals surface area (Å²) in [5.74, 6) is -0.846. The van der Waals surface area contributed by atoms with Gasteiger partial charge in [-0.25, -0.2) is 0 Å². The molecule has 0 spiro atoms. The lowest BCUT2D eigenvalue weighted by Crippen LogP contribution is -2.49. The molecule has 1 aromatic carbocycles. The average Bonchev–Trinajstić information content (AvgIpc) is 2.40. The third kappa shape index (κ3) is 7.01. The van der Waals surface area contributed by atoms with Crippen LogP contribution in [0.5, 0.6) is 5.75 Å². The van der Waals surface area contributed by atoms with Gasteiger partial charge in [-0.2, -0.15) is 13.2 Å². The first-order chi connectivity index (χ1) is 10.6. The molecule has 0 aliphatic carbocycles. The SMILES string of the molecule is Cl.Cl.FC(F)(F)Oc1ccc(Br)cc1[C@H](N1CCNCC1)C(F)(F)F. The molecule has 12 heteroatoms. The number of alkyl halides is 6. The van der Waals surface area contributed by atoms with Crippen molar-refractivity contribution in [3.8, 4) is 5.75 Å². The number of ether oxygens (including phenoxy) is 1. The van der Waals surface area contributed by atoms with Gasteiger partial charge in [-0.1, -0.05) is 15.9 Å². The average molecular weight is 480 g/mol. The van der Waals surface area contributed by atoms with Crippen molar-refractivity contribution in [2.75, 3.05) is 26.2 Å². The van der Waals surface area contributed by atoms with E-state index in [0.29, 0.717) is 13.1 Å². The van der Waals surface area contributed by atoms with E-state index in [0.717, 1.165) is 17.0 Å². The van der Waals surface area contributed by atoms with Gasteiger partial charge in [-0.15, -0.1) is 38.0 Å². The summed E-state index contributed by atoms with van der Waals surface area (Å²) < 4.78 is 82.1. The van der Waals surface area contributed by atoms with Gasteiger partial charge in [0, 0.05) is 36.2 Å². The van der Waals surface area contributed by atoms with Gasteiger partial charge in [0.2, 0.25) is 0 Å². The Hall–Kier alpha value is -0.420. The van der Waals surface area contributed by atoms with E-state index in [4.69, 9.17) is 0 Å². The molecule has 1 saturated heterocycles. The number of rotatable bonds is 3. The predicted molar refractivity (Wildman–Crippen MR) is 88.6 cm³/mol. The van der Waals surface area contributed by atoms with E-state index >= 15 is 0 Å². The maximum absolute atomic E-state index is 13.5. The Balaban J connectivity index is 0.00000288. The van der Waals surface area contributed by atoms with Gasteiger partial charge in [0.1, 0.15) is 11.8 Å². The Morgan fingerprint density at radius 3 is 2.08 bits per heavy atom. The zero-order valence-electron chi connectivity index (χ0n) is 12.5. The summed E-state index contributed by atoms with van der Waals surface area (Å²) in [7, 11) is 0. The zero-order chi connectivity index (χ0) is 17.3. The lowest BCUT2D eigenvalue weighted by Gasteiger charge is -2.36. The van der Waals surface area contributed by atoms with Crippen LogP contribution >= 0.6 is 40.7 Å². The van der Waals surface area contributed by atoms with Crippen LogP contribution < -0.4 is 10.1 Å². The van der Waals surface area contributed by atoms with Crippen molar-refractivity contribution >= 4 is 40.7 Å². The van der Waals surface area contributed by atoms with Gasteiger partial charge in [0.25, 0.3) is 0 Å². The summed E-state index contributed by atoms with van der Waals surface area (Å²) in [6.07, 6.45) is -9.80. The maximum Gasteiger partial charge on any atom is 0.573 e. The Morgan fingerprint density at radius 1 is 1.04 bits per heavy atom. The number of nitrogens with one attached hydrogen (secondary N) is 1. The van der Waals surface area contributed by atoms with E-state index in [9.17, 15) is 26.3 Å². The summed E-state index contributed by atoms with van der Waals surface area (Å²) in [6, 6.07) is 0.935. The van der Waals surface area contributed by atoms with Crippen LogP contribution in [0, 0.1) is 0 Å². The third-order valence-corrected chi connectivity index (χ3v) is 3.81. The monoisotopic (exact) mass is 478 g/mol. The quantitative estimate of drug-likeness (QED) is 0.636. The van der Waals surface area contributed by atoms with Gasteiger partial charge < -0.3 is 10.1 Å². The standard InChI is InChI=1S/C13H13BrF6N2O.2ClH/c14-8-1-2-10(23-13(18,19)20)9(7-8)11(12(15,16)17)22-5-3-21-4-6-22;;/h1-2,7,11,21H,3-6H2;2*1H/t11-;;/m0../s1. The maximum atomic E-state index is 13.5. The van der Waals surface area contributed by atoms with E-state index in [-0.39, 0.29) is 42.4 Å². The number of benzene rings is 1. The smallest absolute Gasteiger partial charge is 0.405 e. The molecule has 0 radical (unpaired) electrons. The summed E-state index contributed by atoms with van der Waals surface area (Å²) in [4.78, 5) is 1.10. The van der Waals surface area contributed by atoms with Crippen molar-refractivity contribution in [3.63, 3.8) is 0 Å². The van der Waals surface area contributed by atoms with Gasteiger partial charge in [0.05, 0.1) is 0 Å². The second kappa shape index (κ2) is 9.50. The molecule has 0 unspecified atom stereocenters. The van der Waals surface area contributed by atoms with Crippen molar-refractivity contribution in [2.45, 2.75) is 18.6 Å². The normalized spacial score (nSPS) is 17.2. The van der Waals surface area contributed by atoms with Gasteiger partial charge in [-0.05, 0) is 18.2 Å². The van der Waals surface area contributed by atoms with Crippen LogP contribution in [0.25, 0.3) is 0 Å². The first kappa shape index (κ1) is 24.6. The highest BCUT2D eigenvalue weighted by atomic mass is 79.9. The van der Waals surface area contributed by atoms with E-state index in [1.165, 1.54) is 6.07 Å². The molecule has 1 aromatic rings. The van der Waals surface area contributed by atoms with Crippen molar-refractivity contribution in [3.05, 3.63) is 28.2 Å². The van der Waals surface area contributed by atoms with E-state index < -0.39 is 29.9 Å². The first-order valence-electron chi connectivity index (χ1n) is 6.64. The van der Waals surface area contributed by atoms with Crippen LogP contribution in [0.1, 0.15) is 11.6 Å². The van der Waals surface area contributed by atoms with Crippen molar-refractivity contribution < 1.29 is 31.1 Å². The third-order valence-electron chi connectivity index (χ3n) is 3.32. The molecular weight excluding hydrogens is 465 g/mol. The topological polar surface area (TPSA) is 24.5 Å². The number of piperazine rings is 1. The second-order valence-corrected chi connectivity index (χ2v) is 5.88. The Morgan fingerprint density at radius 2 is 1.60 bits per heavy atom. The fourth-order valence-corrected chi connectivity index (χ4v) is 2.85. The molecule has 25 heavy (non-hydrogen) atoms. The van der Waals surface area contributed by atoms with Crippen LogP contribution in [0.15, 0.2) is 22.7 Å². The van der Waals surface area contributed by atoms with Crippen molar-refractivity contribution in [2.24, 2.45) is 0 Å². The van der Waals surface area contributed by atoms with E-state index in [1.54, 1.807) is 0 Å². The molecule has 146 valence electrons. The highest BCUT2D eigenvalue weighted by molar-refractivity contribution is 9.10. The fraction of sp³-hybridized carbons (Fsp3) is 0.538. The zero-order valence-corrected chi connectivity index (χ0v) is 15.7. The van der Waals surface area contributed by atoms with Crippen LogP contribution in [0.4, 0.5) is 26.3 Å². The second-order valence-electron chi connectivity index (χ2n) is 4.96. The highest BCUT2D eigenvalue weighted by Gasteiger charge is 2.47. The minimum absolute atomic E-state index is 0. The minimum atomic E-state index is -5.07. The molecule has 1 fully saturated rings. The van der Waals surface area contributed by atoms with E-state index in [1.807, 2.05) is 0 Å². The molecule has 1 aliphatic rings. The molecule has 0 amide bonds. The molecule has 0 bridgehead atoms. The highest BCUT2D eigenvalue weighted by Crippen LogP contribution is 2.43. The molecule has 1 N–H and O–H groups in total. The Kier molecular flexibility index (Phi) is 9.34. The summed E-state index contributed by atoms with van der Waals surface area (Å²) in [5.41, 5.74) is -0.564. The molecule has 0 aromatic heterocycles. The predicted octanol–water partition coefficient (Wildman–Crippen LogP) is 4.70. The lowest BCUT2D eigenvalue weighted by atomic mass is 10.0. The molecule has 0 saturated carbocycles. The van der Waals surface area contributed by atoms with Crippen LogP contribution in [-0.4, -0.2) is 43.6 Å². The molecule has 3 nitrogen and oxygen atoms in total. The molecule has 2 rings (SSSR count). The van der Waals surface area contributed by atoms with Crippen LogP contribution in [0.3, 0.4) is 0 Å². The number of halogens is 9. The number of hydrogen-bond donors (Lipinski definition) is 1. The Labute approximate surface area is 161 Å². The minimum Gasteiger partial charge on any atom is -0.405 e. The van der Waals surface area contributed by atoms with Gasteiger partial charge in [0.15, 0.2) is 0 Å². The van der Waals surface area contributed by atoms with Crippen molar-refractivity contribution in [1.82, 2.24) is 10.2 Å². The van der Waals surface area contributed by atoms with Gasteiger partial charge >= 0.3 is 12.5 Å². The number of nitrogens with zero attached hydrogens (tertiary/aromatic N) is 1. The largest absolute Gasteiger partial charge is 0.573 e. The molecule has 1 aliphatic heterocycles. The molecule has 1 atom stereocenters. The fourth-order valence-electron chi connectivity index (χ4n) is 2.47. The molecule has 1 heterocycles. The summed E-state index contributed by atoms with van der Waals surface area (Å²) in [6.45, 7) is 0.802. The Bertz CT molecular complexity index is 552. The summed E-state index contributed by atoms with van der Waals surface area (Å²) in [5, 5.41) is 2.91. The van der Waals surface area contributed by atoms with Crippen LogP contribution in [-0.2, 0) is 0 Å². The molecular formula is C13H15BrCl2F6N2O. The van der Waals surface area contributed by atoms with Gasteiger partial charge in [-0.3, -0.25) is 4.90 Å². The first-order valence-corrected chi connectivity index (χ1v) is 7.44. The summed E-state index contributed by atoms with van der Waals surface area (Å²) >= 11 is 3.00. The van der Waals surface area contributed by atoms with Crippen LogP contribution in [0.2, 0.25) is 0 Å².